The molecule has 0 amide bonds. The molecule has 130 valence electrons. The van der Waals surface area contributed by atoms with Crippen LogP contribution in [0.15, 0.2) is 41.7 Å². The smallest absolute Gasteiger partial charge is 0.191 e. The van der Waals surface area contributed by atoms with E-state index < -0.39 is 0 Å². The summed E-state index contributed by atoms with van der Waals surface area (Å²) in [5, 5.41) is 10.8. The molecule has 0 fully saturated rings. The average Bonchev–Trinajstić information content (AvgIpc) is 2.96. The third kappa shape index (κ3) is 5.08. The van der Waals surface area contributed by atoms with Crippen LogP contribution in [-0.2, 0) is 12.0 Å². The van der Waals surface area contributed by atoms with Crippen LogP contribution in [0.5, 0.6) is 0 Å². The van der Waals surface area contributed by atoms with Crippen molar-refractivity contribution in [2.24, 2.45) is 4.99 Å². The van der Waals surface area contributed by atoms with Gasteiger partial charge in [-0.15, -0.1) is 0 Å². The maximum atomic E-state index is 13.4. The van der Waals surface area contributed by atoms with Crippen molar-refractivity contribution >= 4 is 5.96 Å². The molecule has 0 aliphatic rings. The Hall–Kier alpha value is -2.37. The van der Waals surface area contributed by atoms with Gasteiger partial charge in [0.15, 0.2) is 5.96 Å². The Labute approximate surface area is 143 Å². The van der Waals surface area contributed by atoms with Crippen LogP contribution in [0.1, 0.15) is 25.0 Å². The molecule has 2 N–H and O–H groups in total. The third-order valence-electron chi connectivity index (χ3n) is 3.92. The lowest BCUT2D eigenvalue weighted by Gasteiger charge is -2.26. The molecule has 0 saturated carbocycles. The molecule has 6 heteroatoms. The minimum Gasteiger partial charge on any atom is -0.356 e. The Bertz CT molecular complexity index is 690. The first-order chi connectivity index (χ1) is 11.4. The summed E-state index contributed by atoms with van der Waals surface area (Å²) in [5.74, 6) is 0.515. The fraction of sp³-hybridized carbons (Fsp3) is 0.444. The lowest BCUT2D eigenvalue weighted by Crippen LogP contribution is -2.44. The first-order valence-electron chi connectivity index (χ1n) is 8.10. The van der Waals surface area contributed by atoms with Crippen molar-refractivity contribution in [3.05, 3.63) is 53.6 Å². The van der Waals surface area contributed by atoms with Crippen molar-refractivity contribution < 1.29 is 4.39 Å². The van der Waals surface area contributed by atoms with Gasteiger partial charge >= 0.3 is 0 Å². The third-order valence-corrected chi connectivity index (χ3v) is 3.92. The van der Waals surface area contributed by atoms with Gasteiger partial charge in [-0.05, 0) is 30.2 Å². The van der Waals surface area contributed by atoms with Crippen molar-refractivity contribution in [3.8, 4) is 0 Å². The number of nitrogens with zero attached hydrogens (tertiary/aromatic N) is 3. The number of halogens is 1. The van der Waals surface area contributed by atoms with Crippen LogP contribution in [0.2, 0.25) is 0 Å². The number of rotatable bonds is 6. The number of aromatic nitrogens is 2. The summed E-state index contributed by atoms with van der Waals surface area (Å²) in [6.45, 7) is 8.31. The van der Waals surface area contributed by atoms with Crippen LogP contribution in [-0.4, -0.2) is 35.9 Å². The van der Waals surface area contributed by atoms with Gasteiger partial charge < -0.3 is 10.6 Å². The largest absolute Gasteiger partial charge is 0.356 e. The zero-order valence-corrected chi connectivity index (χ0v) is 14.8. The molecule has 0 saturated heterocycles. The highest BCUT2D eigenvalue weighted by atomic mass is 19.1. The Kier molecular flexibility index (Phi) is 5.95. The zero-order valence-electron chi connectivity index (χ0n) is 14.8. The van der Waals surface area contributed by atoms with Gasteiger partial charge in [-0.3, -0.25) is 9.67 Å². The Morgan fingerprint density at radius 2 is 2.12 bits per heavy atom. The predicted octanol–water partition coefficient (Wildman–Crippen LogP) is 2.47. The van der Waals surface area contributed by atoms with Crippen molar-refractivity contribution in [3.63, 3.8) is 0 Å². The van der Waals surface area contributed by atoms with Gasteiger partial charge in [-0.2, -0.15) is 5.10 Å². The zero-order chi connectivity index (χ0) is 17.6. The highest BCUT2D eigenvalue weighted by Crippen LogP contribution is 2.22. The summed E-state index contributed by atoms with van der Waals surface area (Å²) in [6.07, 6.45) is 3.85. The molecule has 0 aliphatic heterocycles. The normalized spacial score (nSPS) is 12.3. The summed E-state index contributed by atoms with van der Waals surface area (Å²) >= 11 is 0. The Morgan fingerprint density at radius 1 is 1.33 bits per heavy atom. The van der Waals surface area contributed by atoms with E-state index in [2.05, 4.69) is 34.6 Å². The van der Waals surface area contributed by atoms with Crippen molar-refractivity contribution in [2.75, 3.05) is 20.1 Å². The van der Waals surface area contributed by atoms with E-state index in [1.807, 2.05) is 30.1 Å². The number of nitrogens with one attached hydrogen (secondary N) is 2. The molecular formula is C18H26FN5. The molecule has 2 rings (SSSR count). The summed E-state index contributed by atoms with van der Waals surface area (Å²) in [6, 6.07) is 6.73. The summed E-state index contributed by atoms with van der Waals surface area (Å²) < 4.78 is 15.3. The van der Waals surface area contributed by atoms with Gasteiger partial charge in [-0.1, -0.05) is 26.0 Å². The number of aliphatic imine (C=N–C) groups is 1. The van der Waals surface area contributed by atoms with Gasteiger partial charge in [0.1, 0.15) is 5.82 Å². The maximum Gasteiger partial charge on any atom is 0.191 e. The number of benzene rings is 1. The predicted molar refractivity (Wildman–Crippen MR) is 95.8 cm³/mol. The van der Waals surface area contributed by atoms with Crippen molar-refractivity contribution in [1.29, 1.82) is 0 Å². The van der Waals surface area contributed by atoms with Crippen LogP contribution in [0, 0.1) is 12.7 Å². The van der Waals surface area contributed by atoms with E-state index in [9.17, 15) is 4.39 Å². The van der Waals surface area contributed by atoms with Crippen LogP contribution in [0.3, 0.4) is 0 Å². The number of guanidine groups is 1. The highest BCUT2D eigenvalue weighted by Gasteiger charge is 2.21. The lowest BCUT2D eigenvalue weighted by molar-refractivity contribution is 0.501. The van der Waals surface area contributed by atoms with Crippen LogP contribution in [0.25, 0.3) is 0 Å². The molecule has 0 bridgehead atoms. The van der Waals surface area contributed by atoms with E-state index in [0.29, 0.717) is 6.54 Å². The molecule has 0 unspecified atom stereocenters. The summed E-state index contributed by atoms with van der Waals surface area (Å²) in [5.41, 5.74) is 1.89. The SMILES string of the molecule is CN=C(NCCn1cc(C)cn1)NCC(C)(C)c1cccc(F)c1. The van der Waals surface area contributed by atoms with E-state index in [4.69, 9.17) is 0 Å². The monoisotopic (exact) mass is 331 g/mol. The summed E-state index contributed by atoms with van der Waals surface area (Å²) in [7, 11) is 1.74. The van der Waals surface area contributed by atoms with Crippen LogP contribution >= 0.6 is 0 Å². The minimum absolute atomic E-state index is 0.210. The quantitative estimate of drug-likeness (QED) is 0.631. The van der Waals surface area contributed by atoms with E-state index in [1.165, 1.54) is 6.07 Å². The fourth-order valence-corrected chi connectivity index (χ4v) is 2.41. The van der Waals surface area contributed by atoms with Gasteiger partial charge in [-0.25, -0.2) is 4.39 Å². The molecule has 0 radical (unpaired) electrons. The van der Waals surface area contributed by atoms with Gasteiger partial charge in [0, 0.05) is 31.7 Å². The highest BCUT2D eigenvalue weighted by molar-refractivity contribution is 5.79. The average molecular weight is 331 g/mol. The lowest BCUT2D eigenvalue weighted by atomic mass is 9.84. The van der Waals surface area contributed by atoms with Crippen LogP contribution in [0.4, 0.5) is 4.39 Å². The van der Waals surface area contributed by atoms with Crippen LogP contribution < -0.4 is 10.6 Å². The molecule has 0 atom stereocenters. The molecule has 1 aromatic heterocycles. The Balaban J connectivity index is 1.84. The maximum absolute atomic E-state index is 13.4. The first kappa shape index (κ1) is 18.0. The van der Waals surface area contributed by atoms with Gasteiger partial charge in [0.05, 0.1) is 12.7 Å². The minimum atomic E-state index is -0.211. The topological polar surface area (TPSA) is 54.2 Å². The van der Waals surface area contributed by atoms with E-state index >= 15 is 0 Å². The summed E-state index contributed by atoms with van der Waals surface area (Å²) in [4.78, 5) is 4.23. The molecule has 5 nitrogen and oxygen atoms in total. The van der Waals surface area contributed by atoms with Gasteiger partial charge in [0.2, 0.25) is 0 Å². The molecule has 0 spiro atoms. The van der Waals surface area contributed by atoms with E-state index in [-0.39, 0.29) is 11.2 Å². The number of hydrogen-bond acceptors (Lipinski definition) is 2. The van der Waals surface area contributed by atoms with Gasteiger partial charge in [0.25, 0.3) is 0 Å². The fourth-order valence-electron chi connectivity index (χ4n) is 2.41. The molecule has 24 heavy (non-hydrogen) atoms. The van der Waals surface area contributed by atoms with E-state index in [1.54, 1.807) is 19.2 Å². The molecule has 1 heterocycles. The molecule has 1 aromatic carbocycles. The number of hydrogen-bond donors (Lipinski definition) is 2. The second-order valence-corrected chi connectivity index (χ2v) is 6.53. The Morgan fingerprint density at radius 3 is 2.75 bits per heavy atom. The van der Waals surface area contributed by atoms with E-state index in [0.717, 1.165) is 30.2 Å². The molecule has 2 aromatic rings. The van der Waals surface area contributed by atoms with Crippen molar-refractivity contribution in [2.45, 2.75) is 32.7 Å². The second-order valence-electron chi connectivity index (χ2n) is 6.53. The molecular weight excluding hydrogens is 305 g/mol. The first-order valence-corrected chi connectivity index (χ1v) is 8.10. The second kappa shape index (κ2) is 7.95. The number of aryl methyl sites for hydroxylation is 1. The molecule has 0 aliphatic carbocycles. The van der Waals surface area contributed by atoms with Crippen molar-refractivity contribution in [1.82, 2.24) is 20.4 Å². The standard InChI is InChI=1S/C18H26FN5/c1-14-11-23-24(12-14)9-8-21-17(20-4)22-13-18(2,3)15-6-5-7-16(19)10-15/h5-7,10-12H,8-9,13H2,1-4H3,(H2,20,21,22).